The van der Waals surface area contributed by atoms with E-state index in [0.29, 0.717) is 35.3 Å². The van der Waals surface area contributed by atoms with Gasteiger partial charge in [-0.15, -0.1) is 11.3 Å². The summed E-state index contributed by atoms with van der Waals surface area (Å²) in [6.45, 7) is 8.59. The average molecular weight is 531 g/mol. The molecule has 1 aromatic heterocycles. The molecule has 2 amide bonds. The van der Waals surface area contributed by atoms with Crippen LogP contribution in [0.25, 0.3) is 0 Å². The highest BCUT2D eigenvalue weighted by Crippen LogP contribution is 2.39. The van der Waals surface area contributed by atoms with Gasteiger partial charge in [-0.3, -0.25) is 14.5 Å². The van der Waals surface area contributed by atoms with Crippen LogP contribution in [0.5, 0.6) is 0 Å². The van der Waals surface area contributed by atoms with Crippen molar-refractivity contribution in [1.29, 1.82) is 0 Å². The molecule has 2 aromatic rings. The number of fused-ring (bicyclic) bond motifs is 1. The number of nitrogens with zero attached hydrogens (tertiary/aromatic N) is 3. The lowest BCUT2D eigenvalue weighted by molar-refractivity contribution is 0.0792. The van der Waals surface area contributed by atoms with Crippen molar-refractivity contribution in [3.63, 3.8) is 0 Å². The van der Waals surface area contributed by atoms with Gasteiger partial charge in [-0.05, 0) is 75.8 Å². The number of amides is 2. The highest BCUT2D eigenvalue weighted by molar-refractivity contribution is 7.89. The van der Waals surface area contributed by atoms with E-state index in [1.807, 2.05) is 4.90 Å². The van der Waals surface area contributed by atoms with Crippen molar-refractivity contribution in [2.75, 3.05) is 38.0 Å². The molecular formula is C26H34N4O4S2. The number of hydrogen-bond donors (Lipinski definition) is 1. The lowest BCUT2D eigenvalue weighted by Gasteiger charge is -2.30. The minimum Gasteiger partial charge on any atom is -0.339 e. The number of benzene rings is 1. The van der Waals surface area contributed by atoms with E-state index >= 15 is 0 Å². The molecular weight excluding hydrogens is 496 g/mol. The van der Waals surface area contributed by atoms with E-state index in [0.717, 1.165) is 68.7 Å². The van der Waals surface area contributed by atoms with E-state index in [4.69, 9.17) is 0 Å². The van der Waals surface area contributed by atoms with Crippen molar-refractivity contribution in [3.8, 4) is 0 Å². The van der Waals surface area contributed by atoms with Crippen molar-refractivity contribution in [1.82, 2.24) is 14.1 Å². The zero-order valence-corrected chi connectivity index (χ0v) is 22.6. The Hall–Kier alpha value is -2.27. The second-order valence-corrected chi connectivity index (χ2v) is 13.2. The van der Waals surface area contributed by atoms with Crippen LogP contribution in [0.3, 0.4) is 0 Å². The molecule has 0 bridgehead atoms. The fourth-order valence-electron chi connectivity index (χ4n) is 5.29. The third-order valence-electron chi connectivity index (χ3n) is 7.47. The SMILES string of the molecule is CC(C)N1CCc2c(sc(NC(=O)c3ccc(S(=O)(=O)N4CCCC4)cc3)c2C(=O)N2CCCC2)C1. The molecule has 1 N–H and O–H groups in total. The van der Waals surface area contributed by atoms with Gasteiger partial charge in [0.15, 0.2) is 0 Å². The van der Waals surface area contributed by atoms with Crippen molar-refractivity contribution >= 4 is 38.2 Å². The summed E-state index contributed by atoms with van der Waals surface area (Å²) in [6, 6.07) is 6.51. The number of likely N-dealkylation sites (tertiary alicyclic amines) is 1. The Kier molecular flexibility index (Phi) is 7.22. The van der Waals surface area contributed by atoms with Gasteiger partial charge in [0, 0.05) is 55.8 Å². The minimum absolute atomic E-state index is 0.00496. The maximum atomic E-state index is 13.5. The molecule has 4 heterocycles. The first kappa shape index (κ1) is 25.4. The number of hydrogen-bond acceptors (Lipinski definition) is 6. The summed E-state index contributed by atoms with van der Waals surface area (Å²) in [5.74, 6) is -0.333. The molecule has 2 fully saturated rings. The van der Waals surface area contributed by atoms with Crippen molar-refractivity contribution < 1.29 is 18.0 Å². The lowest BCUT2D eigenvalue weighted by atomic mass is 10.0. The van der Waals surface area contributed by atoms with E-state index in [2.05, 4.69) is 24.1 Å². The zero-order chi connectivity index (χ0) is 25.4. The molecule has 2 saturated heterocycles. The number of thiophene rings is 1. The summed E-state index contributed by atoms with van der Waals surface area (Å²) in [7, 11) is -3.53. The zero-order valence-electron chi connectivity index (χ0n) is 21.0. The fraction of sp³-hybridized carbons (Fsp3) is 0.538. The minimum atomic E-state index is -3.53. The number of carbonyl (C=O) groups excluding carboxylic acids is 2. The predicted molar refractivity (Wildman–Crippen MR) is 141 cm³/mol. The molecule has 194 valence electrons. The van der Waals surface area contributed by atoms with Gasteiger partial charge in [0.2, 0.25) is 10.0 Å². The van der Waals surface area contributed by atoms with E-state index in [9.17, 15) is 18.0 Å². The normalized spacial score (nSPS) is 19.1. The molecule has 8 nitrogen and oxygen atoms in total. The molecule has 0 aliphatic carbocycles. The van der Waals surface area contributed by atoms with Gasteiger partial charge in [-0.25, -0.2) is 8.42 Å². The van der Waals surface area contributed by atoms with Gasteiger partial charge < -0.3 is 10.2 Å². The molecule has 36 heavy (non-hydrogen) atoms. The van der Waals surface area contributed by atoms with E-state index in [-0.39, 0.29) is 16.7 Å². The van der Waals surface area contributed by atoms with Crippen LogP contribution in [0.15, 0.2) is 29.2 Å². The maximum Gasteiger partial charge on any atom is 0.257 e. The molecule has 5 rings (SSSR count). The first-order valence-corrected chi connectivity index (χ1v) is 15.1. The Labute approximate surface area is 217 Å². The number of sulfonamides is 1. The maximum absolute atomic E-state index is 13.5. The highest BCUT2D eigenvalue weighted by Gasteiger charge is 2.33. The van der Waals surface area contributed by atoms with Gasteiger partial charge >= 0.3 is 0 Å². The van der Waals surface area contributed by atoms with Crippen LogP contribution in [0.2, 0.25) is 0 Å². The van der Waals surface area contributed by atoms with E-state index < -0.39 is 10.0 Å². The highest BCUT2D eigenvalue weighted by atomic mass is 32.2. The smallest absolute Gasteiger partial charge is 0.257 e. The van der Waals surface area contributed by atoms with Gasteiger partial charge in [0.05, 0.1) is 10.5 Å². The van der Waals surface area contributed by atoms with Crippen LogP contribution in [0.4, 0.5) is 5.00 Å². The Morgan fingerprint density at radius 2 is 1.58 bits per heavy atom. The van der Waals surface area contributed by atoms with Crippen LogP contribution in [-0.2, 0) is 23.0 Å². The molecule has 0 atom stereocenters. The number of rotatable bonds is 6. The second kappa shape index (κ2) is 10.2. The summed E-state index contributed by atoms with van der Waals surface area (Å²) >= 11 is 1.49. The molecule has 3 aliphatic rings. The van der Waals surface area contributed by atoms with Gasteiger partial charge in [-0.1, -0.05) is 0 Å². The monoisotopic (exact) mass is 530 g/mol. The molecule has 0 radical (unpaired) electrons. The first-order chi connectivity index (χ1) is 17.3. The Bertz CT molecular complexity index is 1240. The van der Waals surface area contributed by atoms with Crippen LogP contribution < -0.4 is 5.32 Å². The quantitative estimate of drug-likeness (QED) is 0.614. The summed E-state index contributed by atoms with van der Waals surface area (Å²) in [6.07, 6.45) is 4.55. The third kappa shape index (κ3) is 4.83. The molecule has 0 saturated carbocycles. The number of anilines is 1. The molecule has 0 unspecified atom stereocenters. The summed E-state index contributed by atoms with van der Waals surface area (Å²) in [5.41, 5.74) is 2.07. The summed E-state index contributed by atoms with van der Waals surface area (Å²) < 4.78 is 27.1. The van der Waals surface area contributed by atoms with E-state index in [1.54, 1.807) is 12.1 Å². The number of nitrogens with one attached hydrogen (secondary N) is 1. The molecule has 0 spiro atoms. The Morgan fingerprint density at radius 1 is 0.944 bits per heavy atom. The first-order valence-electron chi connectivity index (χ1n) is 12.8. The van der Waals surface area contributed by atoms with E-state index in [1.165, 1.54) is 27.8 Å². The second-order valence-electron chi connectivity index (χ2n) is 10.1. The summed E-state index contributed by atoms with van der Waals surface area (Å²) in [4.78, 5) is 32.3. The van der Waals surface area contributed by atoms with Crippen molar-refractivity contribution in [3.05, 3.63) is 45.8 Å². The van der Waals surface area contributed by atoms with Crippen LogP contribution in [0.1, 0.15) is 70.7 Å². The van der Waals surface area contributed by atoms with Crippen LogP contribution >= 0.6 is 11.3 Å². The fourth-order valence-corrected chi connectivity index (χ4v) is 8.07. The molecule has 1 aromatic carbocycles. The molecule has 10 heteroatoms. The Morgan fingerprint density at radius 3 is 2.22 bits per heavy atom. The lowest BCUT2D eigenvalue weighted by Crippen LogP contribution is -2.36. The Balaban J connectivity index is 1.40. The van der Waals surface area contributed by atoms with Crippen LogP contribution in [-0.4, -0.2) is 73.1 Å². The van der Waals surface area contributed by atoms with Crippen molar-refractivity contribution in [2.24, 2.45) is 0 Å². The van der Waals surface area contributed by atoms with Gasteiger partial charge in [-0.2, -0.15) is 4.31 Å². The summed E-state index contributed by atoms with van der Waals surface area (Å²) in [5, 5.41) is 3.60. The third-order valence-corrected chi connectivity index (χ3v) is 10.5. The van der Waals surface area contributed by atoms with Gasteiger partial charge in [0.25, 0.3) is 11.8 Å². The van der Waals surface area contributed by atoms with Crippen molar-refractivity contribution in [2.45, 2.75) is 63.4 Å². The molecule has 3 aliphatic heterocycles. The number of carbonyl (C=O) groups is 2. The van der Waals surface area contributed by atoms with Gasteiger partial charge in [0.1, 0.15) is 5.00 Å². The van der Waals surface area contributed by atoms with Crippen LogP contribution in [0, 0.1) is 0 Å². The predicted octanol–water partition coefficient (Wildman–Crippen LogP) is 3.79. The average Bonchev–Trinajstić information content (AvgIpc) is 3.64. The topological polar surface area (TPSA) is 90.0 Å². The largest absolute Gasteiger partial charge is 0.339 e. The standard InChI is InChI=1S/C26H34N4O4S2/c1-18(2)29-16-11-21-22(17-29)35-25(23(21)26(32)28-12-3-4-13-28)27-24(31)19-7-9-20(10-8-19)36(33,34)30-14-5-6-15-30/h7-10,18H,3-6,11-17H2,1-2H3,(H,27,31).